The van der Waals surface area contributed by atoms with E-state index in [0.717, 1.165) is 18.7 Å². The first-order valence-electron chi connectivity index (χ1n) is 10.2. The number of alkyl halides is 3. The number of hydrogen-bond donors (Lipinski definition) is 2. The Morgan fingerprint density at radius 2 is 1.59 bits per heavy atom. The van der Waals surface area contributed by atoms with Crippen LogP contribution in [0.1, 0.15) is 21.5 Å². The molecule has 1 heterocycles. The van der Waals surface area contributed by atoms with Crippen LogP contribution >= 0.6 is 0 Å². The molecule has 0 bridgehead atoms. The van der Waals surface area contributed by atoms with Crippen molar-refractivity contribution >= 4 is 17.8 Å². The lowest BCUT2D eigenvalue weighted by atomic mass is 10.1. The molecule has 0 atom stereocenters. The lowest BCUT2D eigenvalue weighted by molar-refractivity contribution is -0.192. The molecule has 2 amide bonds. The number of hydrogen-bond acceptors (Lipinski definition) is 5. The van der Waals surface area contributed by atoms with Crippen LogP contribution in [0, 0.1) is 11.3 Å². The number of carboxylic acid groups (broad SMARTS) is 1. The van der Waals surface area contributed by atoms with Crippen LogP contribution < -0.4 is 5.32 Å². The van der Waals surface area contributed by atoms with Crippen LogP contribution in [0.3, 0.4) is 0 Å². The standard InChI is InChI=1S/C21H22N4O2.C2HF3O2/c22-14-17-6-8-19(9-7-17)21(27)25(15-18-4-2-1-3-5-18)16-20(26)24-12-10-23-11-13-24;3-2(4,5)1(6)7/h1-9,23H,10-13,15-16H2;(H,6,7). The SMILES string of the molecule is N#Cc1ccc(C(=O)N(CC(=O)N2CCNCC2)Cc2ccccc2)cc1.O=C(O)C(F)(F)F. The van der Waals surface area contributed by atoms with Crippen LogP contribution in [0.5, 0.6) is 0 Å². The summed E-state index contributed by atoms with van der Waals surface area (Å²) in [5, 5.41) is 19.3. The van der Waals surface area contributed by atoms with Crippen LogP contribution in [0.25, 0.3) is 0 Å². The number of aliphatic carboxylic acids is 1. The van der Waals surface area contributed by atoms with Crippen molar-refractivity contribution in [2.24, 2.45) is 0 Å². The third kappa shape index (κ3) is 8.22. The van der Waals surface area contributed by atoms with Gasteiger partial charge in [0.2, 0.25) is 5.91 Å². The van der Waals surface area contributed by atoms with Crippen LogP contribution in [0.2, 0.25) is 0 Å². The highest BCUT2D eigenvalue weighted by atomic mass is 19.4. The Bertz CT molecular complexity index is 1020. The van der Waals surface area contributed by atoms with Gasteiger partial charge in [0.1, 0.15) is 6.54 Å². The smallest absolute Gasteiger partial charge is 0.475 e. The average Bonchev–Trinajstić information content (AvgIpc) is 2.84. The molecule has 8 nitrogen and oxygen atoms in total. The first-order chi connectivity index (χ1) is 16.1. The van der Waals surface area contributed by atoms with Gasteiger partial charge in [-0.1, -0.05) is 30.3 Å². The highest BCUT2D eigenvalue weighted by Gasteiger charge is 2.38. The third-order valence-electron chi connectivity index (χ3n) is 4.80. The minimum atomic E-state index is -5.08. The van der Waals surface area contributed by atoms with Crippen molar-refractivity contribution in [2.45, 2.75) is 12.7 Å². The number of carboxylic acids is 1. The van der Waals surface area contributed by atoms with E-state index in [1.165, 1.54) is 0 Å². The highest BCUT2D eigenvalue weighted by molar-refractivity contribution is 5.96. The molecular weight excluding hydrogens is 453 g/mol. The summed E-state index contributed by atoms with van der Waals surface area (Å²) in [6, 6.07) is 18.2. The number of nitrogens with one attached hydrogen (secondary N) is 1. The summed E-state index contributed by atoms with van der Waals surface area (Å²) in [4.78, 5) is 38.0. The summed E-state index contributed by atoms with van der Waals surface area (Å²) in [6.45, 7) is 3.25. The van der Waals surface area contributed by atoms with Gasteiger partial charge in [0.25, 0.3) is 5.91 Å². The number of nitrogens with zero attached hydrogens (tertiary/aromatic N) is 3. The van der Waals surface area contributed by atoms with E-state index in [1.54, 1.807) is 34.1 Å². The van der Waals surface area contributed by atoms with Crippen molar-refractivity contribution in [1.29, 1.82) is 5.26 Å². The Morgan fingerprint density at radius 1 is 1.03 bits per heavy atom. The summed E-state index contributed by atoms with van der Waals surface area (Å²) < 4.78 is 31.7. The normalized spacial score (nSPS) is 13.2. The minimum Gasteiger partial charge on any atom is -0.475 e. The van der Waals surface area contributed by atoms with Crippen LogP contribution in [-0.2, 0) is 16.1 Å². The van der Waals surface area contributed by atoms with E-state index >= 15 is 0 Å². The average molecular weight is 476 g/mol. The number of rotatable bonds is 5. The second kappa shape index (κ2) is 12.4. The molecule has 0 spiro atoms. The molecule has 34 heavy (non-hydrogen) atoms. The van der Waals surface area contributed by atoms with Gasteiger partial charge in [-0.25, -0.2) is 4.79 Å². The lowest BCUT2D eigenvalue weighted by Crippen LogP contribution is -2.50. The van der Waals surface area contributed by atoms with E-state index < -0.39 is 12.1 Å². The van der Waals surface area contributed by atoms with Gasteiger partial charge >= 0.3 is 12.1 Å². The van der Waals surface area contributed by atoms with Gasteiger partial charge in [-0.15, -0.1) is 0 Å². The quantitative estimate of drug-likeness (QED) is 0.685. The molecule has 1 fully saturated rings. The van der Waals surface area contributed by atoms with Gasteiger partial charge in [0.15, 0.2) is 0 Å². The number of amides is 2. The Hall–Kier alpha value is -3.91. The summed E-state index contributed by atoms with van der Waals surface area (Å²) in [5.41, 5.74) is 1.93. The third-order valence-corrected chi connectivity index (χ3v) is 4.80. The number of piperazine rings is 1. The van der Waals surface area contributed by atoms with Crippen molar-refractivity contribution in [1.82, 2.24) is 15.1 Å². The number of nitriles is 1. The molecule has 1 aliphatic rings. The Balaban J connectivity index is 0.000000509. The van der Waals surface area contributed by atoms with Crippen LogP contribution in [0.15, 0.2) is 54.6 Å². The molecule has 2 aromatic rings. The van der Waals surface area contributed by atoms with Gasteiger partial charge in [0, 0.05) is 38.3 Å². The molecule has 2 N–H and O–H groups in total. The molecule has 0 aliphatic carbocycles. The molecule has 11 heteroatoms. The molecule has 180 valence electrons. The monoisotopic (exact) mass is 476 g/mol. The molecule has 3 rings (SSSR count). The number of benzene rings is 2. The van der Waals surface area contributed by atoms with Gasteiger partial charge in [-0.05, 0) is 29.8 Å². The second-order valence-corrected chi connectivity index (χ2v) is 7.27. The second-order valence-electron chi connectivity index (χ2n) is 7.27. The maximum absolute atomic E-state index is 13.0. The van der Waals surface area contributed by atoms with E-state index in [9.17, 15) is 22.8 Å². The van der Waals surface area contributed by atoms with E-state index in [-0.39, 0.29) is 18.4 Å². The fourth-order valence-electron chi connectivity index (χ4n) is 3.05. The molecule has 1 saturated heterocycles. The Morgan fingerprint density at radius 3 is 2.09 bits per heavy atom. The van der Waals surface area contributed by atoms with E-state index in [4.69, 9.17) is 15.2 Å². The first-order valence-corrected chi connectivity index (χ1v) is 10.2. The first kappa shape index (κ1) is 26.3. The zero-order valence-corrected chi connectivity index (χ0v) is 18.1. The van der Waals surface area contributed by atoms with Crippen molar-refractivity contribution in [3.63, 3.8) is 0 Å². The molecule has 0 radical (unpaired) electrons. The predicted molar refractivity (Wildman–Crippen MR) is 115 cm³/mol. The van der Waals surface area contributed by atoms with E-state index in [2.05, 4.69) is 5.32 Å². The van der Waals surface area contributed by atoms with E-state index in [1.807, 2.05) is 36.4 Å². The fourth-order valence-corrected chi connectivity index (χ4v) is 3.05. The van der Waals surface area contributed by atoms with Crippen LogP contribution in [-0.4, -0.2) is 71.6 Å². The molecule has 0 saturated carbocycles. The Kier molecular flexibility index (Phi) is 9.58. The maximum Gasteiger partial charge on any atom is 0.490 e. The van der Waals surface area contributed by atoms with Gasteiger partial charge < -0.3 is 20.2 Å². The fraction of sp³-hybridized carbons (Fsp3) is 0.304. The largest absolute Gasteiger partial charge is 0.490 e. The number of carbonyl (C=O) groups excluding carboxylic acids is 2. The van der Waals surface area contributed by atoms with Crippen molar-refractivity contribution in [3.05, 3.63) is 71.3 Å². The van der Waals surface area contributed by atoms with E-state index in [0.29, 0.717) is 30.8 Å². The Labute approximate surface area is 194 Å². The highest BCUT2D eigenvalue weighted by Crippen LogP contribution is 2.13. The summed E-state index contributed by atoms with van der Waals surface area (Å²) in [5.74, 6) is -3.02. The summed E-state index contributed by atoms with van der Waals surface area (Å²) in [6.07, 6.45) is -5.08. The zero-order valence-electron chi connectivity index (χ0n) is 18.1. The molecule has 2 aromatic carbocycles. The summed E-state index contributed by atoms with van der Waals surface area (Å²) in [7, 11) is 0. The predicted octanol–water partition coefficient (Wildman–Crippen LogP) is 2.27. The number of carbonyl (C=O) groups is 3. The summed E-state index contributed by atoms with van der Waals surface area (Å²) >= 11 is 0. The van der Waals surface area contributed by atoms with Crippen molar-refractivity contribution in [2.75, 3.05) is 32.7 Å². The molecule has 0 unspecified atom stereocenters. The van der Waals surface area contributed by atoms with Crippen LogP contribution in [0.4, 0.5) is 13.2 Å². The van der Waals surface area contributed by atoms with Crippen molar-refractivity contribution < 1.29 is 32.7 Å². The van der Waals surface area contributed by atoms with Gasteiger partial charge in [-0.2, -0.15) is 18.4 Å². The molecular formula is C23H23F3N4O4. The van der Waals surface area contributed by atoms with Crippen molar-refractivity contribution in [3.8, 4) is 6.07 Å². The maximum atomic E-state index is 13.0. The molecule has 1 aliphatic heterocycles. The zero-order chi connectivity index (χ0) is 25.1. The molecule has 0 aromatic heterocycles. The lowest BCUT2D eigenvalue weighted by Gasteiger charge is -2.30. The minimum absolute atomic E-state index is 0.0354. The van der Waals surface area contributed by atoms with Gasteiger partial charge in [0.05, 0.1) is 11.6 Å². The van der Waals surface area contributed by atoms with Gasteiger partial charge in [-0.3, -0.25) is 9.59 Å². The number of halogens is 3. The topological polar surface area (TPSA) is 114 Å².